The van der Waals surface area contributed by atoms with Crippen molar-refractivity contribution in [2.24, 2.45) is 18.4 Å². The van der Waals surface area contributed by atoms with Crippen molar-refractivity contribution in [3.8, 4) is 11.1 Å². The number of likely N-dealkylation sites (tertiary alicyclic amines) is 1. The Hall–Kier alpha value is -2.81. The van der Waals surface area contributed by atoms with Gasteiger partial charge in [-0.1, -0.05) is 12.1 Å². The third-order valence-corrected chi connectivity index (χ3v) is 7.03. The molecule has 9 heteroatoms. The monoisotopic (exact) mass is 457 g/mol. The van der Waals surface area contributed by atoms with Gasteiger partial charge in [0.05, 0.1) is 23.5 Å². The van der Waals surface area contributed by atoms with Crippen LogP contribution in [0.4, 0.5) is 13.2 Å². The minimum Gasteiger partial charge on any atom is -0.302 e. The summed E-state index contributed by atoms with van der Waals surface area (Å²) < 4.78 is 41.4. The number of hydrogen-bond donors (Lipinski definition) is 0. The number of carbonyl (C=O) groups is 1. The molecule has 0 atom stereocenters. The third-order valence-electron chi connectivity index (χ3n) is 7.03. The zero-order valence-corrected chi connectivity index (χ0v) is 18.5. The van der Waals surface area contributed by atoms with Crippen molar-refractivity contribution in [2.45, 2.75) is 38.3 Å². The normalized spacial score (nSPS) is 19.2. The van der Waals surface area contributed by atoms with Crippen LogP contribution >= 0.6 is 0 Å². The van der Waals surface area contributed by atoms with Crippen molar-refractivity contribution in [1.82, 2.24) is 24.6 Å². The van der Waals surface area contributed by atoms with Crippen molar-refractivity contribution in [1.29, 1.82) is 0 Å². The number of carbonyl (C=O) groups excluding carboxylic acids is 1. The lowest BCUT2D eigenvalue weighted by molar-refractivity contribution is -0.192. The smallest absolute Gasteiger partial charge is 0.302 e. The van der Waals surface area contributed by atoms with E-state index >= 15 is 0 Å². The van der Waals surface area contributed by atoms with Gasteiger partial charge in [-0.15, -0.1) is 0 Å². The van der Waals surface area contributed by atoms with Crippen molar-refractivity contribution < 1.29 is 18.0 Å². The number of benzene rings is 1. The first-order chi connectivity index (χ1) is 15.7. The van der Waals surface area contributed by atoms with Crippen LogP contribution in [-0.2, 0) is 18.3 Å². The average molecular weight is 458 g/mol. The molecule has 0 amide bonds. The van der Waals surface area contributed by atoms with Gasteiger partial charge in [-0.05, 0) is 50.4 Å². The SMILES string of the molecule is Cn1cc(-c2ccc3cnc(CC(=O)C4CCN(CC5(C(F)(F)F)CC5)CC4)nc3c2)cn1. The zero-order valence-electron chi connectivity index (χ0n) is 18.5. The van der Waals surface area contributed by atoms with Gasteiger partial charge in [0.1, 0.15) is 11.6 Å². The number of fused-ring (bicyclic) bond motifs is 1. The molecule has 174 valence electrons. The minimum atomic E-state index is -4.13. The molecule has 1 saturated heterocycles. The Bertz CT molecular complexity index is 1180. The molecule has 0 bridgehead atoms. The van der Waals surface area contributed by atoms with E-state index in [1.54, 1.807) is 17.1 Å². The summed E-state index contributed by atoms with van der Waals surface area (Å²) in [6, 6.07) is 5.91. The molecule has 2 fully saturated rings. The molecule has 5 rings (SSSR count). The molecule has 1 saturated carbocycles. The van der Waals surface area contributed by atoms with Gasteiger partial charge in [-0.3, -0.25) is 9.48 Å². The van der Waals surface area contributed by atoms with Crippen molar-refractivity contribution in [3.63, 3.8) is 0 Å². The number of aryl methyl sites for hydroxylation is 1. The maximum Gasteiger partial charge on any atom is 0.395 e. The molecule has 33 heavy (non-hydrogen) atoms. The van der Waals surface area contributed by atoms with Crippen LogP contribution in [0.1, 0.15) is 31.5 Å². The summed E-state index contributed by atoms with van der Waals surface area (Å²) >= 11 is 0. The molecule has 1 aliphatic heterocycles. The first-order valence-electron chi connectivity index (χ1n) is 11.3. The average Bonchev–Trinajstić information content (AvgIpc) is 3.45. The molecule has 1 aliphatic carbocycles. The summed E-state index contributed by atoms with van der Waals surface area (Å²) in [5.41, 5.74) is 1.23. The van der Waals surface area contributed by atoms with Gasteiger partial charge >= 0.3 is 6.18 Å². The first kappa shape index (κ1) is 22.0. The molecule has 6 nitrogen and oxygen atoms in total. The van der Waals surface area contributed by atoms with Gasteiger partial charge < -0.3 is 4.90 Å². The Labute approximate surface area is 189 Å². The second-order valence-electron chi connectivity index (χ2n) is 9.43. The van der Waals surface area contributed by atoms with E-state index in [1.807, 2.05) is 36.3 Å². The lowest BCUT2D eigenvalue weighted by Crippen LogP contribution is -2.43. The number of piperidine rings is 1. The summed E-state index contributed by atoms with van der Waals surface area (Å²) in [5.74, 6) is 0.393. The summed E-state index contributed by atoms with van der Waals surface area (Å²) in [6.07, 6.45) is 3.07. The highest BCUT2D eigenvalue weighted by molar-refractivity contribution is 5.85. The summed E-state index contributed by atoms with van der Waals surface area (Å²) in [4.78, 5) is 23.7. The molecule has 2 aromatic heterocycles. The van der Waals surface area contributed by atoms with Gasteiger partial charge in [-0.2, -0.15) is 18.3 Å². The standard InChI is InChI=1S/C24H26F3N5O/c1-31-14-19(13-29-31)17-2-3-18-12-28-22(30-20(18)10-17)11-21(33)16-4-8-32(9-5-16)15-23(6-7-23)24(25,26)27/h2-3,10,12-14,16H,4-9,11,15H2,1H3. The van der Waals surface area contributed by atoms with E-state index in [0.29, 0.717) is 31.8 Å². The van der Waals surface area contributed by atoms with E-state index in [1.165, 1.54) is 0 Å². The Morgan fingerprint density at radius 1 is 1.15 bits per heavy atom. The number of halogens is 3. The predicted molar refractivity (Wildman–Crippen MR) is 117 cm³/mol. The van der Waals surface area contributed by atoms with Crippen LogP contribution in [0.5, 0.6) is 0 Å². The Balaban J connectivity index is 1.21. The first-order valence-corrected chi connectivity index (χ1v) is 11.3. The van der Waals surface area contributed by atoms with Gasteiger partial charge in [0.25, 0.3) is 0 Å². The minimum absolute atomic E-state index is 0.0600. The highest BCUT2D eigenvalue weighted by Crippen LogP contribution is 2.58. The fourth-order valence-corrected chi connectivity index (χ4v) is 4.72. The van der Waals surface area contributed by atoms with Crippen LogP contribution < -0.4 is 0 Å². The van der Waals surface area contributed by atoms with Crippen LogP contribution in [0.3, 0.4) is 0 Å². The molecular weight excluding hydrogens is 431 g/mol. The van der Waals surface area contributed by atoms with Crippen LogP contribution in [0.25, 0.3) is 22.0 Å². The fourth-order valence-electron chi connectivity index (χ4n) is 4.72. The lowest BCUT2D eigenvalue weighted by Gasteiger charge is -2.34. The number of alkyl halides is 3. The van der Waals surface area contributed by atoms with E-state index < -0.39 is 11.6 Å². The molecule has 1 aromatic carbocycles. The van der Waals surface area contributed by atoms with E-state index in [-0.39, 0.29) is 37.5 Å². The van der Waals surface area contributed by atoms with Gasteiger partial charge in [-0.25, -0.2) is 9.97 Å². The second kappa shape index (κ2) is 8.20. The van der Waals surface area contributed by atoms with Crippen molar-refractivity contribution in [2.75, 3.05) is 19.6 Å². The van der Waals surface area contributed by atoms with Crippen molar-refractivity contribution >= 4 is 16.7 Å². The number of hydrogen-bond acceptors (Lipinski definition) is 5. The van der Waals surface area contributed by atoms with Gasteiger partial charge in [0.15, 0.2) is 0 Å². The highest BCUT2D eigenvalue weighted by Gasteiger charge is 2.63. The second-order valence-corrected chi connectivity index (χ2v) is 9.43. The van der Waals surface area contributed by atoms with Crippen LogP contribution in [0.2, 0.25) is 0 Å². The molecule has 0 N–H and O–H groups in total. The van der Waals surface area contributed by atoms with Crippen LogP contribution in [0.15, 0.2) is 36.8 Å². The maximum absolute atomic E-state index is 13.2. The van der Waals surface area contributed by atoms with E-state index in [9.17, 15) is 18.0 Å². The van der Waals surface area contributed by atoms with E-state index in [0.717, 1.165) is 22.0 Å². The fraction of sp³-hybridized carbons (Fsp3) is 0.500. The van der Waals surface area contributed by atoms with Crippen LogP contribution in [0, 0.1) is 11.3 Å². The summed E-state index contributed by atoms with van der Waals surface area (Å²) in [7, 11) is 1.86. The molecule has 2 aliphatic rings. The quantitative estimate of drug-likeness (QED) is 0.555. The molecule has 3 heterocycles. The number of ketones is 1. The predicted octanol–water partition coefficient (Wildman–Crippen LogP) is 4.20. The zero-order chi connectivity index (χ0) is 23.2. The van der Waals surface area contributed by atoms with E-state index in [4.69, 9.17) is 0 Å². The van der Waals surface area contributed by atoms with Gasteiger partial charge in [0.2, 0.25) is 0 Å². The number of Topliss-reactive ketones (excluding diaryl/α,β-unsaturated/α-hetero) is 1. The Morgan fingerprint density at radius 3 is 2.55 bits per heavy atom. The lowest BCUT2D eigenvalue weighted by atomic mass is 9.90. The largest absolute Gasteiger partial charge is 0.395 e. The number of rotatable bonds is 6. The van der Waals surface area contributed by atoms with Crippen LogP contribution in [-0.4, -0.2) is 56.2 Å². The molecular formula is C24H26F3N5O. The molecule has 0 radical (unpaired) electrons. The van der Waals surface area contributed by atoms with Gasteiger partial charge in [0, 0.05) is 42.9 Å². The Kier molecular flexibility index (Phi) is 5.47. The molecule has 0 unspecified atom stereocenters. The Morgan fingerprint density at radius 2 is 1.91 bits per heavy atom. The highest BCUT2D eigenvalue weighted by atomic mass is 19.4. The topological polar surface area (TPSA) is 63.9 Å². The third kappa shape index (κ3) is 4.51. The molecule has 3 aromatic rings. The summed E-state index contributed by atoms with van der Waals surface area (Å²) in [5, 5.41) is 5.10. The number of aromatic nitrogens is 4. The summed E-state index contributed by atoms with van der Waals surface area (Å²) in [6.45, 7) is 1.12. The van der Waals surface area contributed by atoms with E-state index in [2.05, 4.69) is 15.1 Å². The maximum atomic E-state index is 13.2. The molecule has 0 spiro atoms. The number of nitrogens with zero attached hydrogens (tertiary/aromatic N) is 5. The van der Waals surface area contributed by atoms with Crippen molar-refractivity contribution in [3.05, 3.63) is 42.6 Å².